The summed E-state index contributed by atoms with van der Waals surface area (Å²) in [6.45, 7) is 0.176. The lowest BCUT2D eigenvalue weighted by Gasteiger charge is -2.02. The molecule has 5 nitrogen and oxygen atoms in total. The van der Waals surface area contributed by atoms with Crippen molar-refractivity contribution in [3.63, 3.8) is 0 Å². The third-order valence-corrected chi connectivity index (χ3v) is 2.63. The number of hydrogen-bond donors (Lipinski definition) is 1. The summed E-state index contributed by atoms with van der Waals surface area (Å²) in [5, 5.41) is 0.827. The highest BCUT2D eigenvalue weighted by molar-refractivity contribution is 7.88. The maximum atomic E-state index is 10.9. The fourth-order valence-corrected chi connectivity index (χ4v) is 1.69. The molecule has 2 rings (SSSR count). The summed E-state index contributed by atoms with van der Waals surface area (Å²) < 4.78 is 29.4. The molecule has 0 radical (unpaired) electrons. The van der Waals surface area contributed by atoms with Gasteiger partial charge < -0.3 is 4.42 Å². The number of hydrogen-bond acceptors (Lipinski definition) is 4. The average Bonchev–Trinajstić information content (AvgIpc) is 2.61. The molecule has 0 bridgehead atoms. The van der Waals surface area contributed by atoms with E-state index in [1.807, 2.05) is 0 Å². The molecule has 80 valence electrons. The van der Waals surface area contributed by atoms with Crippen molar-refractivity contribution in [3.8, 4) is 0 Å². The molecule has 6 heteroatoms. The van der Waals surface area contributed by atoms with Gasteiger partial charge in [-0.2, -0.15) is 0 Å². The maximum absolute atomic E-state index is 10.9. The number of aromatic nitrogens is 1. The summed E-state index contributed by atoms with van der Waals surface area (Å²) in [6.07, 6.45) is 4.25. The van der Waals surface area contributed by atoms with Crippen molar-refractivity contribution in [3.05, 3.63) is 30.3 Å². The summed E-state index contributed by atoms with van der Waals surface area (Å²) in [6, 6.07) is 3.50. The Morgan fingerprint density at radius 2 is 2.27 bits per heavy atom. The molecular formula is C9H10N2O3S. The van der Waals surface area contributed by atoms with Crippen LogP contribution in [-0.4, -0.2) is 19.7 Å². The predicted molar refractivity (Wildman–Crippen MR) is 55.7 cm³/mol. The Morgan fingerprint density at radius 1 is 1.47 bits per heavy atom. The lowest BCUT2D eigenvalue weighted by Crippen LogP contribution is -2.21. The molecule has 0 saturated carbocycles. The fourth-order valence-electron chi connectivity index (χ4n) is 1.29. The van der Waals surface area contributed by atoms with Gasteiger partial charge in [0.2, 0.25) is 10.0 Å². The number of furan rings is 1. The van der Waals surface area contributed by atoms with Gasteiger partial charge in [0.1, 0.15) is 5.58 Å². The molecule has 2 aromatic heterocycles. The molecule has 0 unspecified atom stereocenters. The molecule has 1 N–H and O–H groups in total. The maximum Gasteiger partial charge on any atom is 0.209 e. The number of rotatable bonds is 3. The van der Waals surface area contributed by atoms with Gasteiger partial charge in [0.25, 0.3) is 0 Å². The Morgan fingerprint density at radius 3 is 3.00 bits per heavy atom. The zero-order valence-electron chi connectivity index (χ0n) is 8.10. The topological polar surface area (TPSA) is 72.2 Å². The zero-order valence-corrected chi connectivity index (χ0v) is 8.91. The lowest BCUT2D eigenvalue weighted by atomic mass is 10.2. The van der Waals surface area contributed by atoms with Crippen LogP contribution >= 0.6 is 0 Å². The molecule has 0 amide bonds. The molecule has 0 aromatic carbocycles. The van der Waals surface area contributed by atoms with E-state index in [0.29, 0.717) is 11.3 Å². The Balaban J connectivity index is 2.32. The van der Waals surface area contributed by atoms with Crippen LogP contribution < -0.4 is 4.72 Å². The second-order valence-corrected chi connectivity index (χ2v) is 5.02. The molecule has 0 atom stereocenters. The highest BCUT2D eigenvalue weighted by Crippen LogP contribution is 2.17. The first-order valence-electron chi connectivity index (χ1n) is 4.32. The lowest BCUT2D eigenvalue weighted by molar-refractivity contribution is 0.586. The fraction of sp³-hybridized carbons (Fsp3) is 0.222. The molecule has 0 spiro atoms. The van der Waals surface area contributed by atoms with Crippen LogP contribution in [0.1, 0.15) is 5.69 Å². The summed E-state index contributed by atoms with van der Waals surface area (Å²) in [7, 11) is -3.19. The van der Waals surface area contributed by atoms with Crippen LogP contribution in [0, 0.1) is 0 Å². The van der Waals surface area contributed by atoms with E-state index in [9.17, 15) is 8.42 Å². The number of nitrogens with zero attached hydrogens (tertiary/aromatic N) is 1. The van der Waals surface area contributed by atoms with Gasteiger partial charge in [-0.15, -0.1) is 0 Å². The molecule has 0 aliphatic heterocycles. The van der Waals surface area contributed by atoms with E-state index in [-0.39, 0.29) is 6.54 Å². The Hall–Kier alpha value is -1.40. The smallest absolute Gasteiger partial charge is 0.209 e. The second-order valence-electron chi connectivity index (χ2n) is 3.18. The largest absolute Gasteiger partial charge is 0.464 e. The molecule has 2 heterocycles. The van der Waals surface area contributed by atoms with E-state index < -0.39 is 10.0 Å². The first-order chi connectivity index (χ1) is 7.06. The average molecular weight is 226 g/mol. The molecule has 15 heavy (non-hydrogen) atoms. The van der Waals surface area contributed by atoms with Crippen molar-refractivity contribution in [2.24, 2.45) is 0 Å². The van der Waals surface area contributed by atoms with Gasteiger partial charge in [-0.25, -0.2) is 13.1 Å². The monoisotopic (exact) mass is 226 g/mol. The van der Waals surface area contributed by atoms with Gasteiger partial charge in [0.05, 0.1) is 24.8 Å². The van der Waals surface area contributed by atoms with E-state index in [2.05, 4.69) is 9.71 Å². The van der Waals surface area contributed by atoms with E-state index in [1.54, 1.807) is 24.6 Å². The van der Waals surface area contributed by atoms with Gasteiger partial charge >= 0.3 is 0 Å². The SMILES string of the molecule is CS(=O)(=O)NCc1nccc2occc12. The third kappa shape index (κ3) is 2.34. The van der Waals surface area contributed by atoms with Gasteiger partial charge in [-0.1, -0.05) is 0 Å². The van der Waals surface area contributed by atoms with Gasteiger partial charge in [0.15, 0.2) is 0 Å². The van der Waals surface area contributed by atoms with E-state index >= 15 is 0 Å². The van der Waals surface area contributed by atoms with Crippen molar-refractivity contribution in [1.29, 1.82) is 0 Å². The first-order valence-corrected chi connectivity index (χ1v) is 6.21. The van der Waals surface area contributed by atoms with Crippen LogP contribution in [0.4, 0.5) is 0 Å². The Bertz CT molecular complexity index is 574. The van der Waals surface area contributed by atoms with Crippen molar-refractivity contribution in [1.82, 2.24) is 9.71 Å². The number of sulfonamides is 1. The van der Waals surface area contributed by atoms with Crippen LogP contribution in [0.3, 0.4) is 0 Å². The van der Waals surface area contributed by atoms with Crippen LogP contribution in [0.5, 0.6) is 0 Å². The minimum absolute atomic E-state index is 0.176. The van der Waals surface area contributed by atoms with E-state index in [0.717, 1.165) is 11.6 Å². The molecule has 0 aliphatic rings. The Kier molecular flexibility index (Phi) is 2.45. The van der Waals surface area contributed by atoms with Crippen LogP contribution in [0.25, 0.3) is 11.0 Å². The zero-order chi connectivity index (χ0) is 10.9. The predicted octanol–water partition coefficient (Wildman–Crippen LogP) is 0.877. The standard InChI is InChI=1S/C9H10N2O3S/c1-15(12,13)11-6-8-7-3-5-14-9(7)2-4-10-8/h2-5,11H,6H2,1H3. The number of pyridine rings is 1. The Labute approximate surface area is 87.2 Å². The molecular weight excluding hydrogens is 216 g/mol. The van der Waals surface area contributed by atoms with Gasteiger partial charge in [-0.3, -0.25) is 4.98 Å². The minimum atomic E-state index is -3.19. The minimum Gasteiger partial charge on any atom is -0.464 e. The summed E-state index contributed by atoms with van der Waals surface area (Å²) in [5.41, 5.74) is 1.36. The normalized spacial score (nSPS) is 12.1. The molecule has 0 saturated heterocycles. The van der Waals surface area contributed by atoms with Gasteiger partial charge in [-0.05, 0) is 12.1 Å². The molecule has 2 aromatic rings. The summed E-state index contributed by atoms with van der Waals surface area (Å²) in [4.78, 5) is 4.10. The van der Waals surface area contributed by atoms with Crippen LogP contribution in [-0.2, 0) is 16.6 Å². The second kappa shape index (κ2) is 3.63. The highest BCUT2D eigenvalue weighted by atomic mass is 32.2. The van der Waals surface area contributed by atoms with E-state index in [4.69, 9.17) is 4.42 Å². The van der Waals surface area contributed by atoms with Crippen LogP contribution in [0.2, 0.25) is 0 Å². The summed E-state index contributed by atoms with van der Waals surface area (Å²) >= 11 is 0. The molecule has 0 fully saturated rings. The van der Waals surface area contributed by atoms with Crippen molar-refractivity contribution in [2.75, 3.05) is 6.26 Å². The van der Waals surface area contributed by atoms with Crippen molar-refractivity contribution < 1.29 is 12.8 Å². The highest BCUT2D eigenvalue weighted by Gasteiger charge is 2.07. The summed E-state index contributed by atoms with van der Waals surface area (Å²) in [5.74, 6) is 0. The number of nitrogens with one attached hydrogen (secondary N) is 1. The van der Waals surface area contributed by atoms with Gasteiger partial charge in [0, 0.05) is 11.6 Å². The van der Waals surface area contributed by atoms with Crippen molar-refractivity contribution in [2.45, 2.75) is 6.54 Å². The first kappa shape index (κ1) is 10.1. The molecule has 0 aliphatic carbocycles. The van der Waals surface area contributed by atoms with Crippen molar-refractivity contribution >= 4 is 21.0 Å². The van der Waals surface area contributed by atoms with Crippen LogP contribution in [0.15, 0.2) is 29.0 Å². The van der Waals surface area contributed by atoms with E-state index in [1.165, 1.54) is 0 Å². The third-order valence-electron chi connectivity index (χ3n) is 1.96. The quantitative estimate of drug-likeness (QED) is 0.843. The number of fused-ring (bicyclic) bond motifs is 1.